The molecule has 2 heteroatoms. The van der Waals surface area contributed by atoms with Gasteiger partial charge in [-0.15, -0.1) is 0 Å². The van der Waals surface area contributed by atoms with Gasteiger partial charge in [-0.1, -0.05) is 13.8 Å². The van der Waals surface area contributed by atoms with E-state index >= 15 is 0 Å². The third kappa shape index (κ3) is 2.44. The quantitative estimate of drug-likeness (QED) is 0.728. The van der Waals surface area contributed by atoms with E-state index in [-0.39, 0.29) is 5.60 Å². The van der Waals surface area contributed by atoms with Crippen LogP contribution in [0.4, 0.5) is 0 Å². The molecule has 1 aliphatic carbocycles. The Morgan fingerprint density at radius 2 is 1.85 bits per heavy atom. The zero-order valence-electron chi connectivity index (χ0n) is 9.34. The molecule has 0 saturated heterocycles. The van der Waals surface area contributed by atoms with Crippen LogP contribution in [-0.4, -0.2) is 18.2 Å². The Kier molecular flexibility index (Phi) is 3.36. The van der Waals surface area contributed by atoms with E-state index in [2.05, 4.69) is 27.7 Å². The molecule has 0 spiro atoms. The second-order valence-electron chi connectivity index (χ2n) is 4.97. The summed E-state index contributed by atoms with van der Waals surface area (Å²) >= 11 is 0. The molecule has 13 heavy (non-hydrogen) atoms. The van der Waals surface area contributed by atoms with E-state index in [0.29, 0.717) is 12.6 Å². The first-order valence-corrected chi connectivity index (χ1v) is 5.37. The standard InChI is InChI=1S/C11H23NO/c1-8(2)10-5-11(6-10,7-12)13-9(3)4/h8-10H,5-7,12H2,1-4H3. The molecular formula is C11H23NO. The van der Waals surface area contributed by atoms with Crippen LogP contribution in [0.1, 0.15) is 40.5 Å². The van der Waals surface area contributed by atoms with Crippen molar-refractivity contribution in [1.82, 2.24) is 0 Å². The largest absolute Gasteiger partial charge is 0.371 e. The highest BCUT2D eigenvalue weighted by molar-refractivity contribution is 4.98. The van der Waals surface area contributed by atoms with Crippen molar-refractivity contribution in [2.24, 2.45) is 17.6 Å². The van der Waals surface area contributed by atoms with Crippen molar-refractivity contribution < 1.29 is 4.74 Å². The van der Waals surface area contributed by atoms with E-state index in [1.54, 1.807) is 0 Å². The van der Waals surface area contributed by atoms with Crippen molar-refractivity contribution in [3.63, 3.8) is 0 Å². The van der Waals surface area contributed by atoms with Crippen molar-refractivity contribution >= 4 is 0 Å². The Labute approximate surface area is 81.8 Å². The smallest absolute Gasteiger partial charge is 0.0813 e. The fourth-order valence-corrected chi connectivity index (χ4v) is 2.18. The Bertz CT molecular complexity index is 159. The average Bonchev–Trinajstić information content (AvgIpc) is 1.94. The summed E-state index contributed by atoms with van der Waals surface area (Å²) in [6, 6.07) is 0. The minimum Gasteiger partial charge on any atom is -0.371 e. The fraction of sp³-hybridized carbons (Fsp3) is 1.00. The molecule has 0 aliphatic heterocycles. The lowest BCUT2D eigenvalue weighted by molar-refractivity contribution is -0.154. The van der Waals surface area contributed by atoms with Crippen molar-refractivity contribution in [2.45, 2.75) is 52.2 Å². The Morgan fingerprint density at radius 1 is 1.31 bits per heavy atom. The minimum atomic E-state index is 0.0170. The third-order valence-corrected chi connectivity index (χ3v) is 3.07. The summed E-state index contributed by atoms with van der Waals surface area (Å²) in [5, 5.41) is 0. The predicted octanol–water partition coefficient (Wildman–Crippen LogP) is 2.17. The van der Waals surface area contributed by atoms with Crippen LogP contribution in [0.2, 0.25) is 0 Å². The van der Waals surface area contributed by atoms with E-state index in [1.807, 2.05) is 0 Å². The van der Waals surface area contributed by atoms with Crippen LogP contribution >= 0.6 is 0 Å². The molecule has 1 fully saturated rings. The molecule has 1 rings (SSSR count). The van der Waals surface area contributed by atoms with Crippen LogP contribution in [0.15, 0.2) is 0 Å². The summed E-state index contributed by atoms with van der Waals surface area (Å²) in [5.74, 6) is 1.60. The molecule has 0 radical (unpaired) electrons. The lowest BCUT2D eigenvalue weighted by Crippen LogP contribution is -2.54. The van der Waals surface area contributed by atoms with Gasteiger partial charge < -0.3 is 10.5 Å². The zero-order chi connectivity index (χ0) is 10.1. The van der Waals surface area contributed by atoms with Gasteiger partial charge in [-0.05, 0) is 38.5 Å². The number of hydrogen-bond donors (Lipinski definition) is 1. The van der Waals surface area contributed by atoms with E-state index in [4.69, 9.17) is 10.5 Å². The summed E-state index contributed by atoms with van der Waals surface area (Å²) in [5.41, 5.74) is 5.77. The number of ether oxygens (including phenoxy) is 1. The second-order valence-corrected chi connectivity index (χ2v) is 4.97. The van der Waals surface area contributed by atoms with Crippen LogP contribution in [0, 0.1) is 11.8 Å². The summed E-state index contributed by atoms with van der Waals surface area (Å²) in [4.78, 5) is 0. The van der Waals surface area contributed by atoms with Gasteiger partial charge in [0.1, 0.15) is 0 Å². The molecule has 0 aromatic rings. The molecule has 1 saturated carbocycles. The van der Waals surface area contributed by atoms with Crippen molar-refractivity contribution in [2.75, 3.05) is 6.54 Å². The second kappa shape index (κ2) is 3.97. The first-order valence-electron chi connectivity index (χ1n) is 5.37. The van der Waals surface area contributed by atoms with Crippen molar-refractivity contribution in [1.29, 1.82) is 0 Å². The molecule has 0 heterocycles. The van der Waals surface area contributed by atoms with Gasteiger partial charge in [0.15, 0.2) is 0 Å². The average molecular weight is 185 g/mol. The molecule has 1 aliphatic rings. The maximum absolute atomic E-state index is 5.88. The van der Waals surface area contributed by atoms with Crippen LogP contribution < -0.4 is 5.73 Å². The minimum absolute atomic E-state index is 0.0170. The third-order valence-electron chi connectivity index (χ3n) is 3.07. The van der Waals surface area contributed by atoms with Gasteiger partial charge in [-0.3, -0.25) is 0 Å². The topological polar surface area (TPSA) is 35.2 Å². The van der Waals surface area contributed by atoms with Crippen molar-refractivity contribution in [3.05, 3.63) is 0 Å². The highest BCUT2D eigenvalue weighted by Gasteiger charge is 2.45. The zero-order valence-corrected chi connectivity index (χ0v) is 9.34. The number of hydrogen-bond acceptors (Lipinski definition) is 2. The van der Waals surface area contributed by atoms with Crippen LogP contribution in [0.5, 0.6) is 0 Å². The summed E-state index contributed by atoms with van der Waals surface area (Å²) in [7, 11) is 0. The normalized spacial score (nSPS) is 33.9. The van der Waals surface area contributed by atoms with Crippen LogP contribution in [-0.2, 0) is 4.74 Å². The Morgan fingerprint density at radius 3 is 2.15 bits per heavy atom. The van der Waals surface area contributed by atoms with E-state index in [0.717, 1.165) is 24.7 Å². The molecule has 78 valence electrons. The maximum atomic E-state index is 5.88. The first-order chi connectivity index (χ1) is 5.99. The molecule has 0 aromatic carbocycles. The lowest BCUT2D eigenvalue weighted by Gasteiger charge is -2.49. The first kappa shape index (κ1) is 11.0. The van der Waals surface area contributed by atoms with Gasteiger partial charge in [-0.2, -0.15) is 0 Å². The number of rotatable bonds is 4. The highest BCUT2D eigenvalue weighted by atomic mass is 16.5. The van der Waals surface area contributed by atoms with Gasteiger partial charge in [0.05, 0.1) is 11.7 Å². The van der Waals surface area contributed by atoms with Gasteiger partial charge >= 0.3 is 0 Å². The molecule has 0 bridgehead atoms. The molecule has 0 aromatic heterocycles. The monoisotopic (exact) mass is 185 g/mol. The van der Waals surface area contributed by atoms with Gasteiger partial charge in [0.25, 0.3) is 0 Å². The fourth-order valence-electron chi connectivity index (χ4n) is 2.18. The van der Waals surface area contributed by atoms with Gasteiger partial charge in [0, 0.05) is 6.54 Å². The maximum Gasteiger partial charge on any atom is 0.0813 e. The van der Waals surface area contributed by atoms with E-state index in [9.17, 15) is 0 Å². The highest BCUT2D eigenvalue weighted by Crippen LogP contribution is 2.44. The molecule has 2 nitrogen and oxygen atoms in total. The molecule has 0 unspecified atom stereocenters. The van der Waals surface area contributed by atoms with Gasteiger partial charge in [-0.25, -0.2) is 0 Å². The molecule has 2 N–H and O–H groups in total. The van der Waals surface area contributed by atoms with Crippen LogP contribution in [0.25, 0.3) is 0 Å². The summed E-state index contributed by atoms with van der Waals surface area (Å²) in [6.07, 6.45) is 2.61. The molecule has 0 amide bonds. The summed E-state index contributed by atoms with van der Waals surface area (Å²) in [6.45, 7) is 9.40. The molecule has 0 atom stereocenters. The predicted molar refractivity (Wildman–Crippen MR) is 55.6 cm³/mol. The van der Waals surface area contributed by atoms with Crippen molar-refractivity contribution in [3.8, 4) is 0 Å². The number of nitrogens with two attached hydrogens (primary N) is 1. The van der Waals surface area contributed by atoms with Crippen LogP contribution in [0.3, 0.4) is 0 Å². The van der Waals surface area contributed by atoms with Gasteiger partial charge in [0.2, 0.25) is 0 Å². The Balaban J connectivity index is 2.40. The SMILES string of the molecule is CC(C)OC1(CN)CC(C(C)C)C1. The Hall–Kier alpha value is -0.0800. The van der Waals surface area contributed by atoms with E-state index in [1.165, 1.54) is 0 Å². The van der Waals surface area contributed by atoms with E-state index < -0.39 is 0 Å². The summed E-state index contributed by atoms with van der Waals surface area (Å²) < 4.78 is 5.88. The molecular weight excluding hydrogens is 162 g/mol. The lowest BCUT2D eigenvalue weighted by atomic mass is 9.66.